The second kappa shape index (κ2) is 8.35. The zero-order valence-electron chi connectivity index (χ0n) is 11.6. The molecule has 0 aliphatic rings. The first-order chi connectivity index (χ1) is 10.1. The third-order valence-corrected chi connectivity index (χ3v) is 2.73. The van der Waals surface area contributed by atoms with Gasteiger partial charge in [0.2, 0.25) is 0 Å². The van der Waals surface area contributed by atoms with Crippen molar-refractivity contribution in [3.63, 3.8) is 0 Å². The average molecular weight is 301 g/mol. The molecular weight excluding hydrogens is 282 g/mol. The molecule has 1 rings (SSSR count). The van der Waals surface area contributed by atoms with Crippen LogP contribution in [0.15, 0.2) is 27.0 Å². The van der Waals surface area contributed by atoms with Crippen LogP contribution in [0.3, 0.4) is 0 Å². The zero-order chi connectivity index (χ0) is 15.8. The third-order valence-electron chi connectivity index (χ3n) is 2.73. The quantitative estimate of drug-likeness (QED) is 0.380. The van der Waals surface area contributed by atoms with E-state index in [9.17, 15) is 14.4 Å². The summed E-state index contributed by atoms with van der Waals surface area (Å²) in [7, 11) is 0. The Balaban J connectivity index is 3.27. The summed E-state index contributed by atoms with van der Waals surface area (Å²) in [6.45, 7) is 2.51. The number of nitrogens with zero attached hydrogens (tertiary/aromatic N) is 3. The van der Waals surface area contributed by atoms with E-state index < -0.39 is 30.3 Å². The standard InChI is InChI=1S/C12H19N3O6/c1-2-8-21-9-5-15-11(19)13(3-6-16)10(18)14(4-7-17)12(15)20/h2,16-17H,1,3-9H2. The molecule has 9 nitrogen and oxygen atoms in total. The number of aliphatic hydroxyl groups excluding tert-OH is 2. The van der Waals surface area contributed by atoms with Gasteiger partial charge >= 0.3 is 17.1 Å². The van der Waals surface area contributed by atoms with E-state index in [0.29, 0.717) is 0 Å². The van der Waals surface area contributed by atoms with Crippen LogP contribution in [-0.4, -0.2) is 50.3 Å². The summed E-state index contributed by atoms with van der Waals surface area (Å²) < 4.78 is 7.47. The van der Waals surface area contributed by atoms with Crippen LogP contribution in [0.25, 0.3) is 0 Å². The second-order valence-corrected chi connectivity index (χ2v) is 4.11. The normalized spacial score (nSPS) is 10.8. The first kappa shape index (κ1) is 17.1. The van der Waals surface area contributed by atoms with E-state index in [0.717, 1.165) is 13.7 Å². The predicted molar refractivity (Wildman–Crippen MR) is 74.4 cm³/mol. The maximum Gasteiger partial charge on any atom is 0.336 e. The molecule has 1 aromatic rings. The lowest BCUT2D eigenvalue weighted by Gasteiger charge is -2.12. The number of aliphatic hydroxyl groups is 2. The molecule has 0 atom stereocenters. The summed E-state index contributed by atoms with van der Waals surface area (Å²) in [5.41, 5.74) is -2.47. The Kier molecular flexibility index (Phi) is 6.79. The largest absolute Gasteiger partial charge is 0.395 e. The van der Waals surface area contributed by atoms with Crippen molar-refractivity contribution in [1.82, 2.24) is 13.7 Å². The lowest BCUT2D eigenvalue weighted by Crippen LogP contribution is -2.55. The smallest absolute Gasteiger partial charge is 0.336 e. The number of ether oxygens (including phenoxy) is 1. The number of aromatic nitrogens is 3. The van der Waals surface area contributed by atoms with E-state index >= 15 is 0 Å². The molecule has 9 heteroatoms. The molecular formula is C12H19N3O6. The molecule has 0 unspecified atom stereocenters. The van der Waals surface area contributed by atoms with Crippen LogP contribution in [0.4, 0.5) is 0 Å². The average Bonchev–Trinajstić information content (AvgIpc) is 2.47. The Labute approximate surface area is 120 Å². The van der Waals surface area contributed by atoms with Crippen molar-refractivity contribution < 1.29 is 14.9 Å². The Hall–Kier alpha value is -1.97. The molecule has 2 N–H and O–H groups in total. The monoisotopic (exact) mass is 301 g/mol. The molecule has 21 heavy (non-hydrogen) atoms. The summed E-state index contributed by atoms with van der Waals surface area (Å²) in [4.78, 5) is 36.1. The lowest BCUT2D eigenvalue weighted by atomic mass is 10.5. The maximum atomic E-state index is 12.1. The molecule has 0 aliphatic heterocycles. The Bertz CT molecular complexity index is 598. The minimum Gasteiger partial charge on any atom is -0.395 e. The fourth-order valence-electron chi connectivity index (χ4n) is 1.78. The van der Waals surface area contributed by atoms with Crippen molar-refractivity contribution in [3.05, 3.63) is 44.1 Å². The van der Waals surface area contributed by atoms with Crippen LogP contribution in [0.5, 0.6) is 0 Å². The zero-order valence-corrected chi connectivity index (χ0v) is 11.6. The van der Waals surface area contributed by atoms with Gasteiger partial charge in [-0.2, -0.15) is 0 Å². The molecule has 0 amide bonds. The van der Waals surface area contributed by atoms with Gasteiger partial charge < -0.3 is 14.9 Å². The molecule has 0 fully saturated rings. The fourth-order valence-corrected chi connectivity index (χ4v) is 1.78. The first-order valence-corrected chi connectivity index (χ1v) is 6.43. The first-order valence-electron chi connectivity index (χ1n) is 6.43. The van der Waals surface area contributed by atoms with Gasteiger partial charge in [-0.25, -0.2) is 28.1 Å². The molecule has 0 aromatic carbocycles. The van der Waals surface area contributed by atoms with Crippen molar-refractivity contribution in [2.45, 2.75) is 19.6 Å². The van der Waals surface area contributed by atoms with E-state index in [1.54, 1.807) is 0 Å². The second-order valence-electron chi connectivity index (χ2n) is 4.11. The van der Waals surface area contributed by atoms with Crippen molar-refractivity contribution in [2.75, 3.05) is 26.4 Å². The number of hydrogen-bond acceptors (Lipinski definition) is 6. The van der Waals surface area contributed by atoms with E-state index in [4.69, 9.17) is 14.9 Å². The SMILES string of the molecule is C=CCOCCn1c(=O)n(CCO)c(=O)n(CCO)c1=O. The van der Waals surface area contributed by atoms with Crippen molar-refractivity contribution in [2.24, 2.45) is 0 Å². The summed E-state index contributed by atoms with van der Waals surface area (Å²) in [5.74, 6) is 0. The highest BCUT2D eigenvalue weighted by molar-refractivity contribution is 4.79. The van der Waals surface area contributed by atoms with Crippen LogP contribution in [0.2, 0.25) is 0 Å². The summed E-state index contributed by atoms with van der Waals surface area (Å²) >= 11 is 0. The molecule has 1 aromatic heterocycles. The van der Waals surface area contributed by atoms with Crippen LogP contribution in [0, 0.1) is 0 Å². The fraction of sp³-hybridized carbons (Fsp3) is 0.583. The van der Waals surface area contributed by atoms with Crippen molar-refractivity contribution in [3.8, 4) is 0 Å². The van der Waals surface area contributed by atoms with Crippen LogP contribution >= 0.6 is 0 Å². The summed E-state index contributed by atoms with van der Waals surface area (Å²) in [6.07, 6.45) is 1.53. The van der Waals surface area contributed by atoms with E-state index in [2.05, 4.69) is 6.58 Å². The Morgan fingerprint density at radius 2 is 1.33 bits per heavy atom. The van der Waals surface area contributed by atoms with Crippen LogP contribution in [0.1, 0.15) is 0 Å². The lowest BCUT2D eigenvalue weighted by molar-refractivity contribution is 0.148. The topological polar surface area (TPSA) is 116 Å². The third kappa shape index (κ3) is 4.00. The summed E-state index contributed by atoms with van der Waals surface area (Å²) in [6, 6.07) is 0. The van der Waals surface area contributed by atoms with Gasteiger partial charge in [-0.05, 0) is 0 Å². The predicted octanol–water partition coefficient (Wildman–Crippen LogP) is -2.64. The molecule has 0 bridgehead atoms. The maximum absolute atomic E-state index is 12.1. The van der Waals surface area contributed by atoms with Gasteiger partial charge in [0.25, 0.3) is 0 Å². The highest BCUT2D eigenvalue weighted by atomic mass is 16.5. The highest BCUT2D eigenvalue weighted by Gasteiger charge is 2.14. The molecule has 0 radical (unpaired) electrons. The van der Waals surface area contributed by atoms with Crippen molar-refractivity contribution >= 4 is 0 Å². The molecule has 0 aliphatic carbocycles. The molecule has 118 valence electrons. The van der Waals surface area contributed by atoms with Gasteiger partial charge in [0.1, 0.15) is 0 Å². The van der Waals surface area contributed by atoms with Gasteiger partial charge in [0, 0.05) is 0 Å². The molecule has 0 saturated carbocycles. The van der Waals surface area contributed by atoms with Crippen LogP contribution < -0.4 is 17.1 Å². The minimum atomic E-state index is -0.851. The van der Waals surface area contributed by atoms with Gasteiger partial charge in [0.05, 0.1) is 46.1 Å². The van der Waals surface area contributed by atoms with Gasteiger partial charge in [0.15, 0.2) is 0 Å². The molecule has 0 spiro atoms. The van der Waals surface area contributed by atoms with Gasteiger partial charge in [-0.1, -0.05) is 6.08 Å². The van der Waals surface area contributed by atoms with Crippen LogP contribution in [-0.2, 0) is 24.4 Å². The molecule has 0 saturated heterocycles. The number of hydrogen-bond donors (Lipinski definition) is 2. The van der Waals surface area contributed by atoms with Gasteiger partial charge in [-0.15, -0.1) is 6.58 Å². The number of rotatable bonds is 9. The van der Waals surface area contributed by atoms with Crippen molar-refractivity contribution in [1.29, 1.82) is 0 Å². The Morgan fingerprint density at radius 3 is 1.71 bits per heavy atom. The van der Waals surface area contributed by atoms with E-state index in [1.807, 2.05) is 0 Å². The van der Waals surface area contributed by atoms with Gasteiger partial charge in [-0.3, -0.25) is 0 Å². The van der Waals surface area contributed by atoms with E-state index in [1.165, 1.54) is 6.08 Å². The van der Waals surface area contributed by atoms with E-state index in [-0.39, 0.29) is 32.8 Å². The summed E-state index contributed by atoms with van der Waals surface area (Å²) in [5, 5.41) is 17.8. The highest BCUT2D eigenvalue weighted by Crippen LogP contribution is 1.81. The molecule has 1 heterocycles. The minimum absolute atomic E-state index is 0.0390. The Morgan fingerprint density at radius 1 is 0.905 bits per heavy atom.